The van der Waals surface area contributed by atoms with E-state index in [2.05, 4.69) is 55.7 Å². The van der Waals surface area contributed by atoms with E-state index < -0.39 is 26.6 Å². The fraction of sp³-hybridized carbons (Fsp3) is 0.750. The first-order chi connectivity index (χ1) is 16.4. The predicted molar refractivity (Wildman–Crippen MR) is 141 cm³/mol. The Hall–Kier alpha value is -1.34. The largest absolute Gasteiger partial charge is 0.481 e. The summed E-state index contributed by atoms with van der Waals surface area (Å²) in [7, 11) is -1.30. The molecule has 1 N–H and O–H groups in total. The average Bonchev–Trinajstić information content (AvgIpc) is 2.76. The molecule has 0 spiro atoms. The third-order valence-corrected chi connectivity index (χ3v) is 9.13. The molecule has 1 aliphatic rings. The summed E-state index contributed by atoms with van der Waals surface area (Å²) in [4.78, 5) is 14.0. The summed E-state index contributed by atoms with van der Waals surface area (Å²) in [6, 6.07) is 10.3. The van der Waals surface area contributed by atoms with Crippen LogP contribution >= 0.6 is 0 Å². The molecule has 200 valence electrons. The zero-order chi connectivity index (χ0) is 26.1. The summed E-state index contributed by atoms with van der Waals surface area (Å²) in [5.41, 5.74) is 2.54. The number of halogens is 3. The molecule has 3 atom stereocenters. The van der Waals surface area contributed by atoms with E-state index in [1.165, 1.54) is 11.1 Å². The molecule has 1 saturated heterocycles. The molecular formula is C28H46F3NO2Si. The number of benzene rings is 1. The molecule has 2 rings (SSSR count). The maximum atomic E-state index is 12.7. The lowest BCUT2D eigenvalue weighted by molar-refractivity contribution is -0.139. The number of carbonyl (C=O) groups is 1. The van der Waals surface area contributed by atoms with E-state index in [1.54, 1.807) is 0 Å². The van der Waals surface area contributed by atoms with Gasteiger partial charge in [0.25, 0.3) is 0 Å². The molecule has 1 aromatic carbocycles. The minimum Gasteiger partial charge on any atom is -0.481 e. The van der Waals surface area contributed by atoms with Crippen molar-refractivity contribution in [2.24, 2.45) is 5.92 Å². The Balaban J connectivity index is 2.23. The number of aliphatic carboxylic acids is 1. The van der Waals surface area contributed by atoms with Crippen LogP contribution < -0.4 is 0 Å². The molecule has 0 aromatic heterocycles. The number of nitrogens with zero attached hydrogens (tertiary/aromatic N) is 1. The normalized spacial score (nSPS) is 20.7. The molecule has 0 unspecified atom stereocenters. The van der Waals surface area contributed by atoms with Gasteiger partial charge in [0.2, 0.25) is 0 Å². The van der Waals surface area contributed by atoms with Gasteiger partial charge in [0, 0.05) is 33.0 Å². The number of hydrogen-bond acceptors (Lipinski definition) is 2. The van der Waals surface area contributed by atoms with Gasteiger partial charge >= 0.3 is 12.1 Å². The van der Waals surface area contributed by atoms with E-state index in [1.807, 2.05) is 0 Å². The van der Waals surface area contributed by atoms with E-state index in [-0.39, 0.29) is 30.8 Å². The van der Waals surface area contributed by atoms with E-state index >= 15 is 0 Å². The molecule has 0 bridgehead atoms. The van der Waals surface area contributed by atoms with Crippen molar-refractivity contribution in [3.8, 4) is 0 Å². The van der Waals surface area contributed by atoms with Gasteiger partial charge in [0.15, 0.2) is 0 Å². The van der Waals surface area contributed by atoms with Crippen LogP contribution in [0.5, 0.6) is 0 Å². The highest BCUT2D eigenvalue weighted by atomic mass is 28.3. The first-order valence-corrected chi connectivity index (χ1v) is 17.2. The van der Waals surface area contributed by atoms with Crippen LogP contribution in [0.15, 0.2) is 24.3 Å². The number of hydrogen-bond donors (Lipinski definition) is 1. The van der Waals surface area contributed by atoms with Gasteiger partial charge in [0.05, 0.1) is 0 Å². The lowest BCUT2D eigenvalue weighted by atomic mass is 9.83. The number of carboxylic acid groups (broad SMARTS) is 1. The van der Waals surface area contributed by atoms with E-state index in [4.69, 9.17) is 0 Å². The standard InChI is InChI=1S/C28H46F3NO2Si/c1-5-6-9-22-11-13-24(14-12-22)26-20-23(21-27(33)34)15-18-32(26)25(16-19-35(2,3)4)10-7-8-17-28(29,30)31/h11-14,23,25-26H,5-10,15-21H2,1-4H3,(H,33,34)/t23-,25-,26+/m1/s1. The topological polar surface area (TPSA) is 40.5 Å². The van der Waals surface area contributed by atoms with Crippen LogP contribution in [-0.4, -0.2) is 42.8 Å². The predicted octanol–water partition coefficient (Wildman–Crippen LogP) is 8.48. The molecule has 1 fully saturated rings. The smallest absolute Gasteiger partial charge is 0.389 e. The maximum absolute atomic E-state index is 12.7. The Kier molecular flexibility index (Phi) is 11.8. The van der Waals surface area contributed by atoms with Crippen LogP contribution in [0, 0.1) is 5.92 Å². The van der Waals surface area contributed by atoms with Gasteiger partial charge in [-0.3, -0.25) is 9.69 Å². The molecule has 1 aromatic rings. The van der Waals surface area contributed by atoms with Crippen LogP contribution in [0.1, 0.15) is 88.3 Å². The number of aryl methyl sites for hydroxylation is 1. The number of unbranched alkanes of at least 4 members (excludes halogenated alkanes) is 2. The Morgan fingerprint density at radius 2 is 1.80 bits per heavy atom. The lowest BCUT2D eigenvalue weighted by Gasteiger charge is -2.45. The van der Waals surface area contributed by atoms with Gasteiger partial charge in [-0.1, -0.05) is 69.7 Å². The third kappa shape index (κ3) is 11.5. The van der Waals surface area contributed by atoms with Crippen molar-refractivity contribution in [2.75, 3.05) is 6.54 Å². The molecule has 0 amide bonds. The van der Waals surface area contributed by atoms with Gasteiger partial charge in [-0.25, -0.2) is 0 Å². The SMILES string of the molecule is CCCCc1ccc([C@@H]2C[C@H](CC(=O)O)CCN2[C@H](CCCCC(F)(F)F)CC[Si](C)(C)C)cc1. The average molecular weight is 514 g/mol. The van der Waals surface area contributed by atoms with Crippen LogP contribution in [-0.2, 0) is 11.2 Å². The monoisotopic (exact) mass is 513 g/mol. The van der Waals surface area contributed by atoms with Gasteiger partial charge in [0.1, 0.15) is 0 Å². The van der Waals surface area contributed by atoms with Crippen molar-refractivity contribution < 1.29 is 23.1 Å². The van der Waals surface area contributed by atoms with E-state index in [9.17, 15) is 23.1 Å². The number of alkyl halides is 3. The molecule has 3 nitrogen and oxygen atoms in total. The van der Waals surface area contributed by atoms with Crippen molar-refractivity contribution in [1.82, 2.24) is 4.90 Å². The molecule has 0 saturated carbocycles. The Morgan fingerprint density at radius 1 is 1.11 bits per heavy atom. The number of likely N-dealkylation sites (tertiary alicyclic amines) is 1. The van der Waals surface area contributed by atoms with Gasteiger partial charge < -0.3 is 5.11 Å². The third-order valence-electron chi connectivity index (χ3n) is 7.34. The van der Waals surface area contributed by atoms with Crippen LogP contribution in [0.25, 0.3) is 0 Å². The summed E-state index contributed by atoms with van der Waals surface area (Å²) < 4.78 is 38.2. The summed E-state index contributed by atoms with van der Waals surface area (Å²) >= 11 is 0. The van der Waals surface area contributed by atoms with Gasteiger partial charge in [-0.2, -0.15) is 13.2 Å². The number of piperidine rings is 1. The fourth-order valence-corrected chi connectivity index (χ4v) is 6.52. The molecule has 0 radical (unpaired) electrons. The van der Waals surface area contributed by atoms with Crippen molar-refractivity contribution in [3.63, 3.8) is 0 Å². The molecular weight excluding hydrogens is 467 g/mol. The van der Waals surface area contributed by atoms with Crippen molar-refractivity contribution in [2.45, 2.75) is 121 Å². The first kappa shape index (κ1) is 29.9. The van der Waals surface area contributed by atoms with Gasteiger partial charge in [-0.05, 0) is 68.5 Å². The maximum Gasteiger partial charge on any atom is 0.389 e. The fourth-order valence-electron chi connectivity index (χ4n) is 5.32. The Labute approximate surface area is 211 Å². The molecule has 7 heteroatoms. The number of rotatable bonds is 14. The quantitative estimate of drug-likeness (QED) is 0.200. The van der Waals surface area contributed by atoms with E-state index in [0.29, 0.717) is 6.42 Å². The highest BCUT2D eigenvalue weighted by molar-refractivity contribution is 6.76. The number of carboxylic acids is 1. The molecule has 1 heterocycles. The second-order valence-corrected chi connectivity index (χ2v) is 17.3. The van der Waals surface area contributed by atoms with E-state index in [0.717, 1.165) is 57.5 Å². The van der Waals surface area contributed by atoms with Crippen LogP contribution in [0.3, 0.4) is 0 Å². The molecule has 35 heavy (non-hydrogen) atoms. The summed E-state index contributed by atoms with van der Waals surface area (Å²) in [5, 5.41) is 9.40. The zero-order valence-electron chi connectivity index (χ0n) is 22.2. The lowest BCUT2D eigenvalue weighted by Crippen LogP contribution is -2.44. The summed E-state index contributed by atoms with van der Waals surface area (Å²) in [5.74, 6) is -0.615. The summed E-state index contributed by atoms with van der Waals surface area (Å²) in [6.45, 7) is 10.0. The Morgan fingerprint density at radius 3 is 2.37 bits per heavy atom. The molecule has 0 aliphatic carbocycles. The van der Waals surface area contributed by atoms with Crippen LogP contribution in [0.4, 0.5) is 13.2 Å². The highest BCUT2D eigenvalue weighted by Gasteiger charge is 2.35. The minimum absolute atomic E-state index is 0.127. The van der Waals surface area contributed by atoms with Crippen molar-refractivity contribution in [3.05, 3.63) is 35.4 Å². The minimum atomic E-state index is -4.09. The highest BCUT2D eigenvalue weighted by Crippen LogP contribution is 2.39. The first-order valence-electron chi connectivity index (χ1n) is 13.5. The van der Waals surface area contributed by atoms with Crippen molar-refractivity contribution in [1.29, 1.82) is 0 Å². The van der Waals surface area contributed by atoms with Gasteiger partial charge in [-0.15, -0.1) is 0 Å². The Bertz CT molecular complexity index is 761. The zero-order valence-corrected chi connectivity index (χ0v) is 23.2. The summed E-state index contributed by atoms with van der Waals surface area (Å²) in [6.07, 6.45) is 2.93. The van der Waals surface area contributed by atoms with Crippen LogP contribution in [0.2, 0.25) is 25.7 Å². The molecule has 1 aliphatic heterocycles. The van der Waals surface area contributed by atoms with Crippen molar-refractivity contribution >= 4 is 14.0 Å². The second-order valence-electron chi connectivity index (χ2n) is 11.7. The second kappa shape index (κ2) is 13.8.